The van der Waals surface area contributed by atoms with Gasteiger partial charge in [-0.15, -0.1) is 0 Å². The van der Waals surface area contributed by atoms with Gasteiger partial charge in [-0.1, -0.05) is 6.42 Å². The Labute approximate surface area is 103 Å². The van der Waals surface area contributed by atoms with Gasteiger partial charge in [0.05, 0.1) is 6.04 Å². The second kappa shape index (κ2) is 5.56. The molecule has 1 aliphatic heterocycles. The molecule has 4 nitrogen and oxygen atoms in total. The van der Waals surface area contributed by atoms with E-state index in [1.807, 2.05) is 25.1 Å². The third kappa shape index (κ3) is 2.82. The molecule has 1 saturated heterocycles. The summed E-state index contributed by atoms with van der Waals surface area (Å²) in [6.45, 7) is 2.90. The van der Waals surface area contributed by atoms with Crippen LogP contribution in [0.15, 0.2) is 16.5 Å². The minimum absolute atomic E-state index is 0.240. The average Bonchev–Trinajstić information content (AvgIpc) is 2.81. The molecule has 0 amide bonds. The summed E-state index contributed by atoms with van der Waals surface area (Å²) < 4.78 is 5.86. The number of hydrogen-bond donors (Lipinski definition) is 1. The van der Waals surface area contributed by atoms with E-state index in [1.165, 1.54) is 19.3 Å². The Morgan fingerprint density at radius 2 is 2.00 bits per heavy atom. The molecule has 2 rings (SSSR count). The summed E-state index contributed by atoms with van der Waals surface area (Å²) in [7, 11) is 3.97. The molecule has 1 fully saturated rings. The van der Waals surface area contributed by atoms with Crippen molar-refractivity contribution >= 4 is 5.88 Å². The molecular weight excluding hydrogens is 214 g/mol. The number of nitrogens with zero attached hydrogens (tertiary/aromatic N) is 2. The lowest BCUT2D eigenvalue weighted by atomic mass is 10.1. The summed E-state index contributed by atoms with van der Waals surface area (Å²) in [5, 5.41) is 0. The van der Waals surface area contributed by atoms with Crippen LogP contribution in [0.5, 0.6) is 0 Å². The van der Waals surface area contributed by atoms with Gasteiger partial charge in [-0.25, -0.2) is 0 Å². The fourth-order valence-electron chi connectivity index (χ4n) is 2.44. The molecule has 2 N–H and O–H groups in total. The first-order valence-corrected chi connectivity index (χ1v) is 6.43. The average molecular weight is 237 g/mol. The molecule has 0 aromatic carbocycles. The lowest BCUT2D eigenvalue weighted by molar-refractivity contribution is 0.150. The Morgan fingerprint density at radius 1 is 1.29 bits per heavy atom. The zero-order valence-electron chi connectivity index (χ0n) is 10.9. The summed E-state index contributed by atoms with van der Waals surface area (Å²) in [5.41, 5.74) is 5.91. The Bertz CT molecular complexity index is 342. The van der Waals surface area contributed by atoms with Crippen LogP contribution in [0.1, 0.15) is 31.1 Å². The van der Waals surface area contributed by atoms with Gasteiger partial charge in [-0.05, 0) is 32.0 Å². The van der Waals surface area contributed by atoms with Crippen molar-refractivity contribution in [2.24, 2.45) is 5.73 Å². The zero-order chi connectivity index (χ0) is 12.3. The third-order valence-corrected chi connectivity index (χ3v) is 3.44. The first-order valence-electron chi connectivity index (χ1n) is 6.43. The van der Waals surface area contributed by atoms with E-state index in [-0.39, 0.29) is 6.04 Å². The minimum Gasteiger partial charge on any atom is -0.444 e. The van der Waals surface area contributed by atoms with Crippen molar-refractivity contribution in [1.82, 2.24) is 4.90 Å². The number of anilines is 1. The highest BCUT2D eigenvalue weighted by Gasteiger charge is 2.23. The van der Waals surface area contributed by atoms with E-state index in [0.717, 1.165) is 24.7 Å². The van der Waals surface area contributed by atoms with Crippen molar-refractivity contribution in [2.45, 2.75) is 25.3 Å². The van der Waals surface area contributed by atoms with Crippen LogP contribution in [-0.4, -0.2) is 38.6 Å². The van der Waals surface area contributed by atoms with E-state index in [0.29, 0.717) is 6.54 Å². The molecular formula is C13H23N3O. The molecule has 0 saturated carbocycles. The topological polar surface area (TPSA) is 45.6 Å². The van der Waals surface area contributed by atoms with Crippen LogP contribution >= 0.6 is 0 Å². The van der Waals surface area contributed by atoms with Crippen molar-refractivity contribution in [2.75, 3.05) is 38.6 Å². The van der Waals surface area contributed by atoms with Crippen LogP contribution in [0.3, 0.4) is 0 Å². The fraction of sp³-hybridized carbons (Fsp3) is 0.692. The lowest BCUT2D eigenvalue weighted by Crippen LogP contribution is -2.37. The van der Waals surface area contributed by atoms with Gasteiger partial charge in [0.25, 0.3) is 0 Å². The van der Waals surface area contributed by atoms with Crippen molar-refractivity contribution < 1.29 is 4.42 Å². The van der Waals surface area contributed by atoms with E-state index >= 15 is 0 Å². The highest BCUT2D eigenvalue weighted by atomic mass is 16.4. The summed E-state index contributed by atoms with van der Waals surface area (Å²) in [5.74, 6) is 1.90. The predicted octanol–water partition coefficient (Wildman–Crippen LogP) is 1.83. The lowest BCUT2D eigenvalue weighted by Gasteiger charge is -2.32. The first-order chi connectivity index (χ1) is 8.22. The fourth-order valence-corrected chi connectivity index (χ4v) is 2.44. The molecule has 0 unspecified atom stereocenters. The number of rotatable bonds is 4. The van der Waals surface area contributed by atoms with E-state index in [1.54, 1.807) is 0 Å². The van der Waals surface area contributed by atoms with Crippen LogP contribution in [0.4, 0.5) is 5.88 Å². The molecule has 4 heteroatoms. The number of hydrogen-bond acceptors (Lipinski definition) is 4. The van der Waals surface area contributed by atoms with E-state index in [4.69, 9.17) is 10.2 Å². The van der Waals surface area contributed by atoms with Gasteiger partial charge in [-0.3, -0.25) is 4.90 Å². The largest absolute Gasteiger partial charge is 0.444 e. The number of piperidine rings is 1. The van der Waals surface area contributed by atoms with Crippen molar-refractivity contribution in [1.29, 1.82) is 0 Å². The van der Waals surface area contributed by atoms with Crippen molar-refractivity contribution in [3.05, 3.63) is 17.9 Å². The number of furan rings is 1. The van der Waals surface area contributed by atoms with Gasteiger partial charge in [0, 0.05) is 26.7 Å². The van der Waals surface area contributed by atoms with Gasteiger partial charge >= 0.3 is 0 Å². The quantitative estimate of drug-likeness (QED) is 0.868. The maximum absolute atomic E-state index is 5.91. The van der Waals surface area contributed by atoms with Gasteiger partial charge < -0.3 is 15.1 Å². The smallest absolute Gasteiger partial charge is 0.195 e. The Kier molecular flexibility index (Phi) is 4.07. The van der Waals surface area contributed by atoms with E-state index in [9.17, 15) is 0 Å². The minimum atomic E-state index is 0.240. The molecule has 1 aromatic heterocycles. The summed E-state index contributed by atoms with van der Waals surface area (Å²) >= 11 is 0. The number of nitrogens with two attached hydrogens (primary N) is 1. The van der Waals surface area contributed by atoms with E-state index < -0.39 is 0 Å². The predicted molar refractivity (Wildman–Crippen MR) is 70.3 cm³/mol. The molecule has 1 atom stereocenters. The molecule has 1 aromatic rings. The molecule has 17 heavy (non-hydrogen) atoms. The van der Waals surface area contributed by atoms with Crippen LogP contribution in [0.25, 0.3) is 0 Å². The Morgan fingerprint density at radius 3 is 2.53 bits per heavy atom. The van der Waals surface area contributed by atoms with Gasteiger partial charge in [0.1, 0.15) is 5.76 Å². The van der Waals surface area contributed by atoms with Gasteiger partial charge in [-0.2, -0.15) is 0 Å². The highest BCUT2D eigenvalue weighted by molar-refractivity contribution is 5.34. The molecule has 0 spiro atoms. The van der Waals surface area contributed by atoms with E-state index in [2.05, 4.69) is 11.0 Å². The summed E-state index contributed by atoms with van der Waals surface area (Å²) in [6, 6.07) is 4.31. The van der Waals surface area contributed by atoms with Crippen LogP contribution < -0.4 is 10.6 Å². The normalized spacial score (nSPS) is 19.2. The third-order valence-electron chi connectivity index (χ3n) is 3.44. The van der Waals surface area contributed by atoms with Gasteiger partial charge in [0.15, 0.2) is 5.88 Å². The summed E-state index contributed by atoms with van der Waals surface area (Å²) in [6.07, 6.45) is 3.89. The maximum atomic E-state index is 5.91. The first kappa shape index (κ1) is 12.5. The van der Waals surface area contributed by atoms with Crippen LogP contribution in [0, 0.1) is 0 Å². The molecule has 0 bridgehead atoms. The molecule has 1 aliphatic rings. The maximum Gasteiger partial charge on any atom is 0.195 e. The standard InChI is InChI=1S/C13H23N3O/c1-15(2)13-7-6-12(17-13)11(10-14)16-8-4-3-5-9-16/h6-7,11H,3-5,8-10,14H2,1-2H3/t11-/m0/s1. The molecule has 0 aliphatic carbocycles. The highest BCUT2D eigenvalue weighted by Crippen LogP contribution is 2.27. The second-order valence-corrected chi connectivity index (χ2v) is 4.92. The van der Waals surface area contributed by atoms with Crippen molar-refractivity contribution in [3.63, 3.8) is 0 Å². The molecule has 2 heterocycles. The second-order valence-electron chi connectivity index (χ2n) is 4.92. The van der Waals surface area contributed by atoms with Crippen LogP contribution in [0.2, 0.25) is 0 Å². The molecule has 0 radical (unpaired) electrons. The summed E-state index contributed by atoms with van der Waals surface area (Å²) in [4.78, 5) is 4.43. The van der Waals surface area contributed by atoms with Crippen molar-refractivity contribution in [3.8, 4) is 0 Å². The number of likely N-dealkylation sites (tertiary alicyclic amines) is 1. The van der Waals surface area contributed by atoms with Gasteiger partial charge in [0.2, 0.25) is 0 Å². The zero-order valence-corrected chi connectivity index (χ0v) is 10.9. The monoisotopic (exact) mass is 237 g/mol. The Hall–Kier alpha value is -1.00. The SMILES string of the molecule is CN(C)c1ccc([C@H](CN)N2CCCCC2)o1. The molecule has 96 valence electrons. The van der Waals surface area contributed by atoms with Crippen LogP contribution in [-0.2, 0) is 0 Å². The Balaban J connectivity index is 2.10.